The Morgan fingerprint density at radius 1 is 1.31 bits per heavy atom. The van der Waals surface area contributed by atoms with Gasteiger partial charge in [0.25, 0.3) is 11.6 Å². The molecule has 1 aromatic carbocycles. The number of non-ortho nitro benzene ring substituents is 1. The number of nitro benzene ring substituents is 1. The smallest absolute Gasteiger partial charge is 0.338 e. The number of benzene rings is 1. The van der Waals surface area contributed by atoms with Gasteiger partial charge in [0.1, 0.15) is 5.76 Å². The molecule has 8 heteroatoms. The molecule has 136 valence electrons. The summed E-state index contributed by atoms with van der Waals surface area (Å²) in [6.45, 7) is 1.84. The molecule has 1 unspecified atom stereocenters. The Hall–Kier alpha value is -3.16. The third-order valence-corrected chi connectivity index (χ3v) is 4.34. The largest absolute Gasteiger partial charge is 0.467 e. The Morgan fingerprint density at radius 2 is 2.00 bits per heavy atom. The molecule has 1 fully saturated rings. The molecule has 1 saturated carbocycles. The Labute approximate surface area is 149 Å². The zero-order valence-corrected chi connectivity index (χ0v) is 14.4. The summed E-state index contributed by atoms with van der Waals surface area (Å²) < 4.78 is 10.0. The highest BCUT2D eigenvalue weighted by Crippen LogP contribution is 2.36. The second-order valence-electron chi connectivity index (χ2n) is 6.15. The van der Waals surface area contributed by atoms with Gasteiger partial charge in [0, 0.05) is 23.7 Å². The van der Waals surface area contributed by atoms with E-state index >= 15 is 0 Å². The van der Waals surface area contributed by atoms with Crippen molar-refractivity contribution in [2.24, 2.45) is 0 Å². The molecule has 2 aromatic rings. The van der Waals surface area contributed by atoms with Crippen molar-refractivity contribution in [1.29, 1.82) is 0 Å². The Morgan fingerprint density at radius 3 is 2.54 bits per heavy atom. The van der Waals surface area contributed by atoms with Gasteiger partial charge in [-0.15, -0.1) is 0 Å². The van der Waals surface area contributed by atoms with Crippen LogP contribution in [0.4, 0.5) is 5.69 Å². The maximum absolute atomic E-state index is 13.1. The first-order valence-electron chi connectivity index (χ1n) is 8.16. The average Bonchev–Trinajstić information content (AvgIpc) is 3.31. The number of amides is 1. The van der Waals surface area contributed by atoms with Crippen LogP contribution >= 0.6 is 0 Å². The minimum atomic E-state index is -0.736. The lowest BCUT2D eigenvalue weighted by Crippen LogP contribution is -2.35. The summed E-state index contributed by atoms with van der Waals surface area (Å²) in [4.78, 5) is 37.1. The van der Waals surface area contributed by atoms with Gasteiger partial charge in [-0.1, -0.05) is 0 Å². The lowest BCUT2D eigenvalue weighted by molar-refractivity contribution is -0.384. The first kappa shape index (κ1) is 17.7. The van der Waals surface area contributed by atoms with Crippen molar-refractivity contribution < 1.29 is 23.7 Å². The molecular formula is C18H18N2O6. The van der Waals surface area contributed by atoms with Crippen LogP contribution in [0.15, 0.2) is 41.0 Å². The highest BCUT2D eigenvalue weighted by atomic mass is 16.6. The van der Waals surface area contributed by atoms with Crippen molar-refractivity contribution in [1.82, 2.24) is 4.90 Å². The van der Waals surface area contributed by atoms with E-state index in [4.69, 9.17) is 4.42 Å². The van der Waals surface area contributed by atoms with Crippen molar-refractivity contribution in [2.75, 3.05) is 7.11 Å². The molecule has 0 bridgehead atoms. The topological polar surface area (TPSA) is 103 Å². The number of rotatable bonds is 6. The Balaban J connectivity index is 2.00. The second-order valence-corrected chi connectivity index (χ2v) is 6.15. The van der Waals surface area contributed by atoms with Crippen LogP contribution in [-0.4, -0.2) is 34.9 Å². The molecule has 0 aliphatic heterocycles. The van der Waals surface area contributed by atoms with Crippen LogP contribution in [0, 0.1) is 10.1 Å². The molecule has 1 atom stereocenters. The second kappa shape index (κ2) is 6.99. The summed E-state index contributed by atoms with van der Waals surface area (Å²) in [6.07, 6.45) is 3.25. The van der Waals surface area contributed by atoms with E-state index in [0.717, 1.165) is 18.9 Å². The lowest BCUT2D eigenvalue weighted by atomic mass is 10.1. The fraction of sp³-hybridized carbons (Fsp3) is 0.333. The van der Waals surface area contributed by atoms with Crippen molar-refractivity contribution >= 4 is 17.6 Å². The van der Waals surface area contributed by atoms with E-state index < -0.39 is 10.9 Å². The van der Waals surface area contributed by atoms with Crippen LogP contribution in [0.1, 0.15) is 52.3 Å². The summed E-state index contributed by atoms with van der Waals surface area (Å²) in [5.74, 6) is -0.492. The molecule has 1 amide bonds. The summed E-state index contributed by atoms with van der Waals surface area (Å²) in [7, 11) is 1.18. The van der Waals surface area contributed by atoms with Crippen molar-refractivity contribution in [2.45, 2.75) is 31.8 Å². The van der Waals surface area contributed by atoms with Crippen molar-refractivity contribution in [3.8, 4) is 0 Å². The van der Waals surface area contributed by atoms with Gasteiger partial charge >= 0.3 is 5.97 Å². The van der Waals surface area contributed by atoms with E-state index in [1.807, 2.05) is 6.92 Å². The molecule has 1 heterocycles. The predicted octanol–water partition coefficient (Wildman–Crippen LogP) is 3.34. The normalized spacial score (nSPS) is 14.5. The SMILES string of the molecule is COC(=O)c1cc(C(=O)N(C2CC2)C(C)c2ccco2)cc([N+](=O)[O-])c1. The molecule has 0 radical (unpaired) electrons. The maximum Gasteiger partial charge on any atom is 0.338 e. The van der Waals surface area contributed by atoms with E-state index in [2.05, 4.69) is 4.74 Å². The molecule has 0 N–H and O–H groups in total. The van der Waals surface area contributed by atoms with Crippen LogP contribution in [0.5, 0.6) is 0 Å². The molecule has 8 nitrogen and oxygen atoms in total. The van der Waals surface area contributed by atoms with Gasteiger partial charge in [-0.2, -0.15) is 0 Å². The van der Waals surface area contributed by atoms with E-state index in [9.17, 15) is 19.7 Å². The highest BCUT2D eigenvalue weighted by Gasteiger charge is 2.38. The van der Waals surface area contributed by atoms with Gasteiger partial charge in [-0.05, 0) is 38.0 Å². The van der Waals surface area contributed by atoms with Crippen molar-refractivity contribution in [3.63, 3.8) is 0 Å². The van der Waals surface area contributed by atoms with E-state index in [1.165, 1.54) is 25.5 Å². The van der Waals surface area contributed by atoms with Crippen LogP contribution in [0.25, 0.3) is 0 Å². The molecule has 0 saturated heterocycles. The first-order chi connectivity index (χ1) is 12.4. The van der Waals surface area contributed by atoms with Gasteiger partial charge in [-0.3, -0.25) is 14.9 Å². The Kier molecular flexibility index (Phi) is 4.75. The molecule has 1 aliphatic rings. The molecule has 1 aromatic heterocycles. The number of nitro groups is 1. The fourth-order valence-electron chi connectivity index (χ4n) is 2.90. The summed E-state index contributed by atoms with van der Waals surface area (Å²) in [5.41, 5.74) is -0.297. The first-order valence-corrected chi connectivity index (χ1v) is 8.16. The number of esters is 1. The third-order valence-electron chi connectivity index (χ3n) is 4.34. The standard InChI is InChI=1S/C18H18N2O6/c1-11(16-4-3-7-26-16)19(14-5-6-14)17(21)12-8-13(18(22)25-2)10-15(9-12)20(23)24/h3-4,7-11,14H,5-6H2,1-2H3. The summed E-state index contributed by atoms with van der Waals surface area (Å²) >= 11 is 0. The Bertz CT molecular complexity index is 841. The quantitative estimate of drug-likeness (QED) is 0.446. The summed E-state index contributed by atoms with van der Waals surface area (Å²) in [6, 6.07) is 6.84. The highest BCUT2D eigenvalue weighted by molar-refractivity contribution is 5.99. The predicted molar refractivity (Wildman–Crippen MR) is 90.8 cm³/mol. The number of hydrogen-bond acceptors (Lipinski definition) is 6. The average molecular weight is 358 g/mol. The molecule has 3 rings (SSSR count). The van der Waals surface area contributed by atoms with Crippen LogP contribution in [0.2, 0.25) is 0 Å². The van der Waals surface area contributed by atoms with Gasteiger partial charge < -0.3 is 14.1 Å². The fourth-order valence-corrected chi connectivity index (χ4v) is 2.90. The number of nitrogens with zero attached hydrogens (tertiary/aromatic N) is 2. The van der Waals surface area contributed by atoms with Crippen molar-refractivity contribution in [3.05, 3.63) is 63.6 Å². The number of ether oxygens (including phenoxy) is 1. The number of carbonyl (C=O) groups excluding carboxylic acids is 2. The van der Waals surface area contributed by atoms with E-state index in [-0.39, 0.29) is 34.8 Å². The lowest BCUT2D eigenvalue weighted by Gasteiger charge is -2.28. The summed E-state index contributed by atoms with van der Waals surface area (Å²) in [5, 5.41) is 11.2. The minimum absolute atomic E-state index is 0.0357. The van der Waals surface area contributed by atoms with Gasteiger partial charge in [0.15, 0.2) is 0 Å². The molecule has 1 aliphatic carbocycles. The molecule has 0 spiro atoms. The maximum atomic E-state index is 13.1. The van der Waals surface area contributed by atoms with Gasteiger partial charge in [0.2, 0.25) is 0 Å². The molecule has 26 heavy (non-hydrogen) atoms. The van der Waals surface area contributed by atoms with E-state index in [0.29, 0.717) is 5.76 Å². The zero-order valence-electron chi connectivity index (χ0n) is 14.4. The number of hydrogen-bond donors (Lipinski definition) is 0. The number of furan rings is 1. The number of methoxy groups -OCH3 is 1. The van der Waals surface area contributed by atoms with E-state index in [1.54, 1.807) is 17.0 Å². The number of carbonyl (C=O) groups is 2. The minimum Gasteiger partial charge on any atom is -0.467 e. The third kappa shape index (κ3) is 3.44. The van der Waals surface area contributed by atoms with Crippen LogP contribution < -0.4 is 0 Å². The van der Waals surface area contributed by atoms with Crippen LogP contribution in [-0.2, 0) is 4.74 Å². The van der Waals surface area contributed by atoms with Crippen LogP contribution in [0.3, 0.4) is 0 Å². The van der Waals surface area contributed by atoms with Gasteiger partial charge in [0.05, 0.1) is 29.9 Å². The van der Waals surface area contributed by atoms with Gasteiger partial charge in [-0.25, -0.2) is 4.79 Å². The molecular weight excluding hydrogens is 340 g/mol. The monoisotopic (exact) mass is 358 g/mol. The zero-order chi connectivity index (χ0) is 18.8.